The maximum atomic E-state index is 12.8. The van der Waals surface area contributed by atoms with Crippen molar-refractivity contribution in [2.45, 2.75) is 58.3 Å². The summed E-state index contributed by atoms with van der Waals surface area (Å²) in [7, 11) is 0. The number of hydrogen-bond acceptors (Lipinski definition) is 3. The number of ether oxygens (including phenoxy) is 1. The summed E-state index contributed by atoms with van der Waals surface area (Å²) in [6.07, 6.45) is 5.92. The quantitative estimate of drug-likeness (QED) is 0.469. The smallest absolute Gasteiger partial charge is 0.343 e. The molecule has 0 radical (unpaired) electrons. The van der Waals surface area contributed by atoms with Crippen LogP contribution < -0.4 is 4.74 Å². The average molecular weight is 403 g/mol. The fourth-order valence-electron chi connectivity index (χ4n) is 6.88. The number of carbonyl (C=O) groups is 2. The minimum atomic E-state index is -0.295. The summed E-state index contributed by atoms with van der Waals surface area (Å²) in [5.74, 6) is 2.70. The number of ketones is 1. The van der Waals surface area contributed by atoms with Gasteiger partial charge in [0, 0.05) is 17.4 Å². The van der Waals surface area contributed by atoms with Gasteiger partial charge in [-0.25, -0.2) is 4.79 Å². The van der Waals surface area contributed by atoms with Crippen LogP contribution in [0.2, 0.25) is 0 Å². The van der Waals surface area contributed by atoms with Crippen LogP contribution in [0.5, 0.6) is 5.75 Å². The molecule has 0 N–H and O–H groups in total. The predicted molar refractivity (Wildman–Crippen MR) is 117 cm³/mol. The normalized spacial score (nSPS) is 32.1. The van der Waals surface area contributed by atoms with Crippen molar-refractivity contribution in [1.82, 2.24) is 0 Å². The van der Waals surface area contributed by atoms with Gasteiger partial charge in [0.15, 0.2) is 0 Å². The van der Waals surface area contributed by atoms with Crippen molar-refractivity contribution in [2.75, 3.05) is 0 Å². The lowest BCUT2D eigenvalue weighted by Gasteiger charge is -2.52. The van der Waals surface area contributed by atoms with E-state index in [4.69, 9.17) is 4.74 Å². The Balaban J connectivity index is 1.54. The van der Waals surface area contributed by atoms with Crippen LogP contribution in [0.4, 0.5) is 0 Å². The first kappa shape index (κ1) is 19.5. The largest absolute Gasteiger partial charge is 0.423 e. The maximum absolute atomic E-state index is 12.8. The Morgan fingerprint density at radius 1 is 1.07 bits per heavy atom. The van der Waals surface area contributed by atoms with Crippen molar-refractivity contribution in [3.8, 4) is 5.75 Å². The van der Waals surface area contributed by atoms with Crippen LogP contribution in [-0.2, 0) is 11.2 Å². The van der Waals surface area contributed by atoms with Crippen LogP contribution in [-0.4, -0.2) is 11.8 Å². The highest BCUT2D eigenvalue weighted by atomic mass is 16.5. The van der Waals surface area contributed by atoms with E-state index in [9.17, 15) is 9.59 Å². The molecule has 5 rings (SSSR count). The van der Waals surface area contributed by atoms with E-state index >= 15 is 0 Å². The second-order valence-electron chi connectivity index (χ2n) is 9.67. The summed E-state index contributed by atoms with van der Waals surface area (Å²) in [5, 5.41) is 0. The van der Waals surface area contributed by atoms with Gasteiger partial charge in [-0.15, -0.1) is 0 Å². The van der Waals surface area contributed by atoms with Gasteiger partial charge in [0.25, 0.3) is 0 Å². The van der Waals surface area contributed by atoms with E-state index in [2.05, 4.69) is 19.9 Å². The second-order valence-corrected chi connectivity index (χ2v) is 9.67. The molecule has 0 unspecified atom stereocenters. The first-order valence-corrected chi connectivity index (χ1v) is 11.4. The van der Waals surface area contributed by atoms with Crippen molar-refractivity contribution in [3.05, 3.63) is 65.2 Å². The molecule has 0 saturated heterocycles. The summed E-state index contributed by atoms with van der Waals surface area (Å²) in [5.41, 5.74) is 2.98. The van der Waals surface area contributed by atoms with Gasteiger partial charge in [-0.3, -0.25) is 4.79 Å². The Labute approximate surface area is 178 Å². The van der Waals surface area contributed by atoms with Crippen LogP contribution >= 0.6 is 0 Å². The van der Waals surface area contributed by atoms with Crippen molar-refractivity contribution in [3.63, 3.8) is 0 Å². The van der Waals surface area contributed by atoms with Gasteiger partial charge >= 0.3 is 5.97 Å². The number of Topliss-reactive ketones (excluding diaryl/α,β-unsaturated/α-hetero) is 1. The molecule has 30 heavy (non-hydrogen) atoms. The topological polar surface area (TPSA) is 43.4 Å². The van der Waals surface area contributed by atoms with E-state index in [1.165, 1.54) is 11.1 Å². The maximum Gasteiger partial charge on any atom is 0.343 e. The zero-order chi connectivity index (χ0) is 20.9. The standard InChI is InChI=1S/C27H30O3/c1-3-17-16-27(2)21(14-15-23(27)28)20-13-12-18-10-7-11-22(25(18)24(17)20)30-26(29)19-8-5-4-6-9-19/h4-11,17,20-21,24H,3,12-16H2,1-2H3/t17-,20-,21+,24+,27+/m1/s1. The van der Waals surface area contributed by atoms with Crippen LogP contribution in [0, 0.1) is 23.2 Å². The van der Waals surface area contributed by atoms with Gasteiger partial charge in [-0.05, 0) is 73.1 Å². The molecule has 0 heterocycles. The molecule has 2 saturated carbocycles. The van der Waals surface area contributed by atoms with E-state index in [-0.39, 0.29) is 11.4 Å². The SMILES string of the molecule is CC[C@@H]1C[C@]2(C)C(=O)CC[C@H]2[C@H]2CCc3cccc(OC(=O)c4ccccc4)c3[C@@H]12. The molecule has 0 amide bonds. The lowest BCUT2D eigenvalue weighted by atomic mass is 9.51. The Kier molecular flexibility index (Phi) is 4.80. The summed E-state index contributed by atoms with van der Waals surface area (Å²) in [6, 6.07) is 15.4. The number of benzene rings is 2. The van der Waals surface area contributed by atoms with Crippen molar-refractivity contribution >= 4 is 11.8 Å². The zero-order valence-electron chi connectivity index (χ0n) is 17.9. The molecule has 0 aromatic heterocycles. The number of carbonyl (C=O) groups excluding carboxylic acids is 2. The highest BCUT2D eigenvalue weighted by Gasteiger charge is 2.57. The van der Waals surface area contributed by atoms with Gasteiger partial charge in [0.1, 0.15) is 11.5 Å². The average Bonchev–Trinajstić information content (AvgIpc) is 3.07. The molecular weight excluding hydrogens is 372 g/mol. The molecule has 0 bridgehead atoms. The molecule has 3 nitrogen and oxygen atoms in total. The van der Waals surface area contributed by atoms with E-state index in [1.54, 1.807) is 12.1 Å². The number of fused-ring (bicyclic) bond motifs is 5. The van der Waals surface area contributed by atoms with Crippen molar-refractivity contribution < 1.29 is 14.3 Å². The van der Waals surface area contributed by atoms with Gasteiger partial charge in [0.2, 0.25) is 0 Å². The number of hydrogen-bond donors (Lipinski definition) is 0. The molecule has 0 spiro atoms. The van der Waals surface area contributed by atoms with Crippen LogP contribution in [0.3, 0.4) is 0 Å². The highest BCUT2D eigenvalue weighted by Crippen LogP contribution is 2.63. The number of rotatable bonds is 3. The minimum Gasteiger partial charge on any atom is -0.423 e. The first-order valence-electron chi connectivity index (χ1n) is 11.4. The highest BCUT2D eigenvalue weighted by molar-refractivity contribution is 5.91. The molecule has 0 aliphatic heterocycles. The monoisotopic (exact) mass is 402 g/mol. The number of aryl methyl sites for hydroxylation is 1. The van der Waals surface area contributed by atoms with Crippen LogP contribution in [0.15, 0.2) is 48.5 Å². The van der Waals surface area contributed by atoms with Gasteiger partial charge < -0.3 is 4.74 Å². The molecule has 3 aliphatic rings. The van der Waals surface area contributed by atoms with Crippen molar-refractivity contribution in [2.24, 2.45) is 23.2 Å². The third-order valence-corrected chi connectivity index (χ3v) is 8.28. The Hall–Kier alpha value is -2.42. The molecule has 2 aromatic carbocycles. The fourth-order valence-corrected chi connectivity index (χ4v) is 6.88. The lowest BCUT2D eigenvalue weighted by molar-refractivity contribution is -0.131. The van der Waals surface area contributed by atoms with Crippen LogP contribution in [0.25, 0.3) is 0 Å². The molecular formula is C27H30O3. The summed E-state index contributed by atoms with van der Waals surface area (Å²) >= 11 is 0. The summed E-state index contributed by atoms with van der Waals surface area (Å²) in [4.78, 5) is 25.6. The summed E-state index contributed by atoms with van der Waals surface area (Å²) < 4.78 is 5.99. The molecule has 5 atom stereocenters. The first-order chi connectivity index (χ1) is 14.5. The molecule has 2 fully saturated rings. The molecule has 3 heteroatoms. The van der Waals surface area contributed by atoms with Gasteiger partial charge in [-0.2, -0.15) is 0 Å². The predicted octanol–water partition coefficient (Wildman–Crippen LogP) is 5.97. The van der Waals surface area contributed by atoms with E-state index < -0.39 is 0 Å². The van der Waals surface area contributed by atoms with E-state index in [1.807, 2.05) is 30.3 Å². The second kappa shape index (κ2) is 7.37. The van der Waals surface area contributed by atoms with E-state index in [0.717, 1.165) is 44.3 Å². The Morgan fingerprint density at radius 2 is 1.87 bits per heavy atom. The molecule has 2 aromatic rings. The molecule has 156 valence electrons. The lowest BCUT2D eigenvalue weighted by Crippen LogP contribution is -2.46. The Morgan fingerprint density at radius 3 is 2.63 bits per heavy atom. The third-order valence-electron chi connectivity index (χ3n) is 8.28. The van der Waals surface area contributed by atoms with Crippen LogP contribution in [0.1, 0.15) is 73.4 Å². The minimum absolute atomic E-state index is 0.158. The van der Waals surface area contributed by atoms with Crippen molar-refractivity contribution in [1.29, 1.82) is 0 Å². The zero-order valence-corrected chi connectivity index (χ0v) is 17.9. The number of esters is 1. The Bertz CT molecular complexity index is 979. The molecule has 3 aliphatic carbocycles. The van der Waals surface area contributed by atoms with E-state index in [0.29, 0.717) is 35.0 Å². The van der Waals surface area contributed by atoms with Gasteiger partial charge in [0.05, 0.1) is 5.56 Å². The van der Waals surface area contributed by atoms with Gasteiger partial charge in [-0.1, -0.05) is 50.6 Å². The fraction of sp³-hybridized carbons (Fsp3) is 0.481. The third kappa shape index (κ3) is 2.93. The summed E-state index contributed by atoms with van der Waals surface area (Å²) in [6.45, 7) is 4.47.